The highest BCUT2D eigenvalue weighted by Gasteiger charge is 2.25. The zero-order chi connectivity index (χ0) is 20.9. The monoisotopic (exact) mass is 404 g/mol. The molecule has 0 bridgehead atoms. The van der Waals surface area contributed by atoms with Gasteiger partial charge in [0.05, 0.1) is 6.54 Å². The summed E-state index contributed by atoms with van der Waals surface area (Å²) in [6.07, 6.45) is 1.69. The van der Waals surface area contributed by atoms with E-state index < -0.39 is 0 Å². The predicted octanol–water partition coefficient (Wildman–Crippen LogP) is 3.88. The number of hydrogen-bond acceptors (Lipinski definition) is 5. The van der Waals surface area contributed by atoms with Gasteiger partial charge in [0.1, 0.15) is 0 Å². The molecule has 6 nitrogen and oxygen atoms in total. The molecule has 1 fully saturated rings. The van der Waals surface area contributed by atoms with Crippen LogP contribution in [0.2, 0.25) is 0 Å². The minimum atomic E-state index is 0.0663. The Labute approximate surface area is 177 Å². The summed E-state index contributed by atoms with van der Waals surface area (Å²) in [4.78, 5) is 19.4. The molecule has 0 atom stereocenters. The summed E-state index contributed by atoms with van der Waals surface area (Å²) >= 11 is 0. The quantitative estimate of drug-likeness (QED) is 0.675. The zero-order valence-electron chi connectivity index (χ0n) is 17.6. The number of aromatic nitrogens is 2. The minimum Gasteiger partial charge on any atom is -0.352 e. The van der Waals surface area contributed by atoms with Gasteiger partial charge in [-0.05, 0) is 51.4 Å². The number of rotatable bonds is 6. The molecule has 0 saturated carbocycles. The van der Waals surface area contributed by atoms with Crippen molar-refractivity contribution < 1.29 is 9.32 Å². The van der Waals surface area contributed by atoms with Crippen molar-refractivity contribution in [2.24, 2.45) is 5.92 Å². The lowest BCUT2D eigenvalue weighted by Gasteiger charge is -2.30. The van der Waals surface area contributed by atoms with E-state index in [0.717, 1.165) is 37.1 Å². The third-order valence-electron chi connectivity index (χ3n) is 5.61. The number of carbonyl (C=O) groups excluding carboxylic acids is 1. The SMILES string of the molecule is Cc1cccc(CNC(=O)C2CCN(Cc3nc(-c4cccc(C)c4)no3)CC2)c1. The van der Waals surface area contributed by atoms with Crippen LogP contribution in [0.3, 0.4) is 0 Å². The summed E-state index contributed by atoms with van der Waals surface area (Å²) in [6.45, 7) is 7.02. The smallest absolute Gasteiger partial charge is 0.241 e. The Hall–Kier alpha value is -2.99. The molecule has 2 aromatic carbocycles. The van der Waals surface area contributed by atoms with Gasteiger partial charge in [-0.1, -0.05) is 58.7 Å². The molecule has 0 radical (unpaired) electrons. The van der Waals surface area contributed by atoms with Crippen LogP contribution in [0.5, 0.6) is 0 Å². The van der Waals surface area contributed by atoms with Crippen LogP contribution >= 0.6 is 0 Å². The van der Waals surface area contributed by atoms with Crippen LogP contribution in [0.1, 0.15) is 35.4 Å². The van der Waals surface area contributed by atoms with Crippen molar-refractivity contribution in [1.82, 2.24) is 20.4 Å². The van der Waals surface area contributed by atoms with Gasteiger partial charge in [0, 0.05) is 18.0 Å². The second-order valence-corrected chi connectivity index (χ2v) is 8.14. The molecule has 0 spiro atoms. The summed E-state index contributed by atoms with van der Waals surface area (Å²) in [5.74, 6) is 1.46. The van der Waals surface area contributed by atoms with Crippen LogP contribution in [0.4, 0.5) is 0 Å². The molecule has 1 aliphatic heterocycles. The highest BCUT2D eigenvalue weighted by atomic mass is 16.5. The first kappa shape index (κ1) is 20.3. The van der Waals surface area contributed by atoms with E-state index >= 15 is 0 Å². The number of amides is 1. The van der Waals surface area contributed by atoms with Crippen molar-refractivity contribution >= 4 is 5.91 Å². The summed E-state index contributed by atoms with van der Waals surface area (Å²) in [5.41, 5.74) is 4.49. The van der Waals surface area contributed by atoms with Gasteiger partial charge in [-0.25, -0.2) is 0 Å². The van der Waals surface area contributed by atoms with E-state index in [1.807, 2.05) is 37.3 Å². The lowest BCUT2D eigenvalue weighted by Crippen LogP contribution is -2.40. The van der Waals surface area contributed by atoms with Crippen LogP contribution in [-0.4, -0.2) is 34.0 Å². The topological polar surface area (TPSA) is 71.3 Å². The second-order valence-electron chi connectivity index (χ2n) is 8.14. The number of carbonyl (C=O) groups is 1. The number of benzene rings is 2. The maximum absolute atomic E-state index is 12.5. The van der Waals surface area contributed by atoms with Crippen molar-refractivity contribution in [1.29, 1.82) is 0 Å². The Morgan fingerprint density at radius 2 is 1.83 bits per heavy atom. The fourth-order valence-corrected chi connectivity index (χ4v) is 3.92. The molecule has 156 valence electrons. The summed E-state index contributed by atoms with van der Waals surface area (Å²) in [5, 5.41) is 7.21. The van der Waals surface area contributed by atoms with Gasteiger partial charge in [0.15, 0.2) is 0 Å². The van der Waals surface area contributed by atoms with Crippen molar-refractivity contribution in [3.05, 3.63) is 71.1 Å². The van der Waals surface area contributed by atoms with Crippen LogP contribution in [0.15, 0.2) is 53.1 Å². The fraction of sp³-hybridized carbons (Fsp3) is 0.375. The molecule has 4 rings (SSSR count). The van der Waals surface area contributed by atoms with Gasteiger partial charge in [-0.3, -0.25) is 9.69 Å². The number of hydrogen-bond donors (Lipinski definition) is 1. The largest absolute Gasteiger partial charge is 0.352 e. The maximum Gasteiger partial charge on any atom is 0.241 e. The second kappa shape index (κ2) is 9.22. The normalized spacial score (nSPS) is 15.3. The first-order valence-corrected chi connectivity index (χ1v) is 10.5. The number of piperidine rings is 1. The van der Waals surface area contributed by atoms with Crippen LogP contribution in [0.25, 0.3) is 11.4 Å². The molecule has 30 heavy (non-hydrogen) atoms. The molecule has 1 saturated heterocycles. The third-order valence-corrected chi connectivity index (χ3v) is 5.61. The van der Waals surface area contributed by atoms with E-state index in [1.54, 1.807) is 0 Å². The van der Waals surface area contributed by atoms with Crippen LogP contribution in [0, 0.1) is 19.8 Å². The van der Waals surface area contributed by atoms with Gasteiger partial charge in [0.2, 0.25) is 17.6 Å². The average molecular weight is 405 g/mol. The average Bonchev–Trinajstić information content (AvgIpc) is 3.21. The van der Waals surface area contributed by atoms with Gasteiger partial charge in [-0.2, -0.15) is 4.98 Å². The number of nitrogens with zero attached hydrogens (tertiary/aromatic N) is 3. The lowest BCUT2D eigenvalue weighted by atomic mass is 9.96. The highest BCUT2D eigenvalue weighted by Crippen LogP contribution is 2.21. The van der Waals surface area contributed by atoms with Crippen molar-refractivity contribution in [3.8, 4) is 11.4 Å². The zero-order valence-corrected chi connectivity index (χ0v) is 17.6. The first-order chi connectivity index (χ1) is 14.6. The molecule has 0 unspecified atom stereocenters. The van der Waals surface area contributed by atoms with Gasteiger partial charge >= 0.3 is 0 Å². The van der Waals surface area contributed by atoms with Gasteiger partial charge in [0.25, 0.3) is 0 Å². The van der Waals surface area contributed by atoms with Crippen molar-refractivity contribution in [3.63, 3.8) is 0 Å². The third kappa shape index (κ3) is 5.13. The molecule has 1 aliphatic rings. The Morgan fingerprint density at radius 3 is 2.57 bits per heavy atom. The Morgan fingerprint density at radius 1 is 1.10 bits per heavy atom. The molecule has 6 heteroatoms. The summed E-state index contributed by atoms with van der Waals surface area (Å²) in [6, 6.07) is 16.3. The summed E-state index contributed by atoms with van der Waals surface area (Å²) in [7, 11) is 0. The Kier molecular flexibility index (Phi) is 6.23. The van der Waals surface area contributed by atoms with E-state index in [-0.39, 0.29) is 11.8 Å². The van der Waals surface area contributed by atoms with Gasteiger partial charge in [-0.15, -0.1) is 0 Å². The first-order valence-electron chi connectivity index (χ1n) is 10.5. The van der Waals surface area contributed by atoms with E-state index in [2.05, 4.69) is 45.5 Å². The lowest BCUT2D eigenvalue weighted by molar-refractivity contribution is -0.126. The van der Waals surface area contributed by atoms with Crippen molar-refractivity contribution in [2.75, 3.05) is 13.1 Å². The molecule has 1 aromatic heterocycles. The van der Waals surface area contributed by atoms with Crippen LogP contribution in [-0.2, 0) is 17.9 Å². The van der Waals surface area contributed by atoms with E-state index in [4.69, 9.17) is 4.52 Å². The molecular weight excluding hydrogens is 376 g/mol. The number of nitrogens with one attached hydrogen (secondary N) is 1. The molecule has 0 aliphatic carbocycles. The molecule has 1 amide bonds. The summed E-state index contributed by atoms with van der Waals surface area (Å²) < 4.78 is 5.45. The van der Waals surface area contributed by atoms with E-state index in [9.17, 15) is 4.79 Å². The Balaban J connectivity index is 1.25. The predicted molar refractivity (Wildman–Crippen MR) is 115 cm³/mol. The minimum absolute atomic E-state index is 0.0663. The molecule has 2 heterocycles. The number of likely N-dealkylation sites (tertiary alicyclic amines) is 1. The molecule has 3 aromatic rings. The maximum atomic E-state index is 12.5. The van der Waals surface area contributed by atoms with E-state index in [1.165, 1.54) is 11.1 Å². The fourth-order valence-electron chi connectivity index (χ4n) is 3.92. The Bertz CT molecular complexity index is 1010. The van der Waals surface area contributed by atoms with Crippen molar-refractivity contribution in [2.45, 2.75) is 39.8 Å². The highest BCUT2D eigenvalue weighted by molar-refractivity contribution is 5.78. The number of aryl methyl sites for hydroxylation is 2. The van der Waals surface area contributed by atoms with E-state index in [0.29, 0.717) is 24.8 Å². The van der Waals surface area contributed by atoms with Crippen LogP contribution < -0.4 is 5.32 Å². The standard InChI is InChI=1S/C24H28N4O2/c1-17-5-3-7-19(13-17)15-25-24(29)20-9-11-28(12-10-20)16-22-26-23(27-30-22)21-8-4-6-18(2)14-21/h3-8,13-14,20H,9-12,15-16H2,1-2H3,(H,25,29). The van der Waals surface area contributed by atoms with Gasteiger partial charge < -0.3 is 9.84 Å². The molecular formula is C24H28N4O2. The molecule has 1 N–H and O–H groups in total.